The maximum absolute atomic E-state index is 13.6. The van der Waals surface area contributed by atoms with Gasteiger partial charge >= 0.3 is 5.97 Å². The molecule has 1 aromatic heterocycles. The van der Waals surface area contributed by atoms with Crippen molar-refractivity contribution in [2.45, 2.75) is 18.6 Å². The molecule has 0 spiro atoms. The lowest BCUT2D eigenvalue weighted by atomic mass is 9.94. The molecule has 1 aliphatic rings. The minimum absolute atomic E-state index is 0.0518. The Labute approximate surface area is 212 Å². The fourth-order valence-electron chi connectivity index (χ4n) is 4.43. The molecule has 1 aliphatic heterocycles. The van der Waals surface area contributed by atoms with Crippen LogP contribution in [0.25, 0.3) is 23.1 Å². The summed E-state index contributed by atoms with van der Waals surface area (Å²) >= 11 is 6.10. The van der Waals surface area contributed by atoms with Crippen molar-refractivity contribution in [2.24, 2.45) is 0 Å². The fourth-order valence-corrected chi connectivity index (χ4v) is 4.60. The highest BCUT2D eigenvalue weighted by molar-refractivity contribution is 6.31. The number of aromatic nitrogens is 1. The Kier molecular flexibility index (Phi) is 6.83. The average Bonchev–Trinajstić information content (AvgIpc) is 3.37. The number of aromatic carboxylic acids is 1. The molecule has 36 heavy (non-hydrogen) atoms. The number of fused-ring (bicyclic) bond motifs is 1. The van der Waals surface area contributed by atoms with Crippen LogP contribution < -0.4 is 0 Å². The van der Waals surface area contributed by atoms with E-state index in [0.717, 1.165) is 33.8 Å². The van der Waals surface area contributed by atoms with E-state index in [9.17, 15) is 14.3 Å². The molecule has 0 radical (unpaired) electrons. The van der Waals surface area contributed by atoms with Gasteiger partial charge in [-0.1, -0.05) is 54.1 Å². The lowest BCUT2D eigenvalue weighted by molar-refractivity contribution is -0.170. The van der Waals surface area contributed by atoms with Crippen LogP contribution in [-0.4, -0.2) is 29.3 Å². The van der Waals surface area contributed by atoms with Gasteiger partial charge in [0.2, 0.25) is 0 Å². The molecule has 5 nitrogen and oxygen atoms in total. The van der Waals surface area contributed by atoms with Crippen LogP contribution in [0.2, 0.25) is 5.02 Å². The van der Waals surface area contributed by atoms with E-state index in [-0.39, 0.29) is 5.56 Å². The number of pyridine rings is 1. The van der Waals surface area contributed by atoms with Gasteiger partial charge in [0, 0.05) is 22.4 Å². The minimum Gasteiger partial charge on any atom is -0.478 e. The van der Waals surface area contributed by atoms with E-state index in [1.165, 1.54) is 12.1 Å². The molecule has 1 fully saturated rings. The van der Waals surface area contributed by atoms with Crippen LogP contribution in [0.3, 0.4) is 0 Å². The summed E-state index contributed by atoms with van der Waals surface area (Å²) in [5, 5.41) is 11.1. The molecular formula is C29H23ClFNO4. The van der Waals surface area contributed by atoms with Gasteiger partial charge in [0.05, 0.1) is 30.0 Å². The van der Waals surface area contributed by atoms with E-state index >= 15 is 0 Å². The third-order valence-corrected chi connectivity index (χ3v) is 6.46. The van der Waals surface area contributed by atoms with Crippen LogP contribution in [-0.2, 0) is 21.7 Å². The first-order chi connectivity index (χ1) is 17.4. The van der Waals surface area contributed by atoms with Gasteiger partial charge in [0.15, 0.2) is 5.79 Å². The number of ether oxygens (including phenoxy) is 2. The van der Waals surface area contributed by atoms with Crippen molar-refractivity contribution in [2.75, 3.05) is 13.2 Å². The number of hydrogen-bond acceptors (Lipinski definition) is 4. The number of hydrogen-bond donors (Lipinski definition) is 1. The largest absolute Gasteiger partial charge is 0.478 e. The second kappa shape index (κ2) is 10.2. The number of carbonyl (C=O) groups is 1. The van der Waals surface area contributed by atoms with Crippen LogP contribution in [0, 0.1) is 5.82 Å². The summed E-state index contributed by atoms with van der Waals surface area (Å²) in [4.78, 5) is 16.3. The number of nitrogens with zero attached hydrogens (tertiary/aromatic N) is 1. The lowest BCUT2D eigenvalue weighted by Crippen LogP contribution is -2.28. The zero-order valence-corrected chi connectivity index (χ0v) is 20.0. The van der Waals surface area contributed by atoms with E-state index in [1.807, 2.05) is 66.7 Å². The van der Waals surface area contributed by atoms with Gasteiger partial charge in [0.1, 0.15) is 5.82 Å². The number of benzene rings is 3. The Hall–Kier alpha value is -3.58. The Morgan fingerprint density at radius 2 is 1.83 bits per heavy atom. The number of carboxylic acid groups (broad SMARTS) is 1. The van der Waals surface area contributed by atoms with Gasteiger partial charge in [-0.05, 0) is 60.0 Å². The first kappa shape index (κ1) is 24.1. The second-order valence-electron chi connectivity index (χ2n) is 8.59. The van der Waals surface area contributed by atoms with Crippen molar-refractivity contribution in [3.05, 3.63) is 112 Å². The Bertz CT molecular complexity index is 1460. The highest BCUT2D eigenvalue weighted by Gasteiger charge is 2.38. The predicted octanol–water partition coefficient (Wildman–Crippen LogP) is 6.73. The van der Waals surface area contributed by atoms with Gasteiger partial charge in [0.25, 0.3) is 0 Å². The molecule has 2 heterocycles. The topological polar surface area (TPSA) is 68.7 Å². The molecule has 182 valence electrons. The second-order valence-corrected chi connectivity index (χ2v) is 9.02. The van der Waals surface area contributed by atoms with Crippen LogP contribution in [0.15, 0.2) is 72.8 Å². The third kappa shape index (κ3) is 5.16. The Morgan fingerprint density at radius 1 is 1.03 bits per heavy atom. The first-order valence-corrected chi connectivity index (χ1v) is 11.9. The maximum atomic E-state index is 13.6. The van der Waals surface area contributed by atoms with E-state index in [4.69, 9.17) is 21.1 Å². The number of aryl methyl sites for hydroxylation is 1. The number of carboxylic acids is 1. The minimum atomic E-state index is -1.16. The first-order valence-electron chi connectivity index (χ1n) is 11.6. The van der Waals surface area contributed by atoms with Crippen molar-refractivity contribution in [3.8, 4) is 0 Å². The molecule has 0 atom stereocenters. The van der Waals surface area contributed by atoms with Crippen LogP contribution in [0.1, 0.15) is 39.2 Å². The molecule has 5 rings (SSSR count). The molecule has 3 aromatic carbocycles. The molecule has 0 bridgehead atoms. The van der Waals surface area contributed by atoms with Crippen molar-refractivity contribution >= 4 is 40.6 Å². The predicted molar refractivity (Wildman–Crippen MR) is 137 cm³/mol. The van der Waals surface area contributed by atoms with E-state index in [2.05, 4.69) is 4.98 Å². The molecule has 1 saturated heterocycles. The van der Waals surface area contributed by atoms with Gasteiger partial charge in [-0.2, -0.15) is 0 Å². The summed E-state index contributed by atoms with van der Waals surface area (Å²) in [5.41, 5.74) is 3.87. The molecular weight excluding hydrogens is 481 g/mol. The quantitative estimate of drug-likeness (QED) is 0.303. The maximum Gasteiger partial charge on any atom is 0.336 e. The van der Waals surface area contributed by atoms with E-state index in [1.54, 1.807) is 0 Å². The summed E-state index contributed by atoms with van der Waals surface area (Å²) in [6.45, 7) is 0.859. The zero-order chi connectivity index (χ0) is 25.1. The van der Waals surface area contributed by atoms with Crippen LogP contribution in [0.4, 0.5) is 4.39 Å². The van der Waals surface area contributed by atoms with E-state index < -0.39 is 17.6 Å². The number of rotatable bonds is 7. The Balaban J connectivity index is 1.39. The molecule has 4 aromatic rings. The monoisotopic (exact) mass is 503 g/mol. The summed E-state index contributed by atoms with van der Waals surface area (Å²) in [5.74, 6) is -2.75. The standard InChI is InChI=1S/C29H23ClFNO4/c30-23-8-5-21-7-11-25(32-27(21)17-23)10-4-19-2-1-3-22(16-19)29(35-14-15-36-29)13-12-20-6-9-24(31)18-26(20)28(33)34/h1-11,16-18H,12-15H2,(H,33,34)/b10-4+. The molecule has 1 N–H and O–H groups in total. The normalized spacial score (nSPS) is 15.1. The highest BCUT2D eigenvalue weighted by Crippen LogP contribution is 2.37. The molecule has 0 saturated carbocycles. The molecule has 0 amide bonds. The van der Waals surface area contributed by atoms with Gasteiger partial charge in [-0.25, -0.2) is 14.2 Å². The highest BCUT2D eigenvalue weighted by atomic mass is 35.5. The zero-order valence-electron chi connectivity index (χ0n) is 19.3. The van der Waals surface area contributed by atoms with Crippen LogP contribution in [0.5, 0.6) is 0 Å². The molecule has 7 heteroatoms. The third-order valence-electron chi connectivity index (χ3n) is 6.23. The van der Waals surface area contributed by atoms with Gasteiger partial charge in [-0.3, -0.25) is 0 Å². The van der Waals surface area contributed by atoms with Gasteiger partial charge in [-0.15, -0.1) is 0 Å². The van der Waals surface area contributed by atoms with Crippen molar-refractivity contribution < 1.29 is 23.8 Å². The molecule has 0 aliphatic carbocycles. The van der Waals surface area contributed by atoms with Crippen molar-refractivity contribution in [1.82, 2.24) is 4.98 Å². The lowest BCUT2D eigenvalue weighted by Gasteiger charge is -2.28. The van der Waals surface area contributed by atoms with Crippen LogP contribution >= 0.6 is 11.6 Å². The summed E-state index contributed by atoms with van der Waals surface area (Å²) in [6.07, 6.45) is 4.64. The smallest absolute Gasteiger partial charge is 0.336 e. The Morgan fingerprint density at radius 3 is 2.64 bits per heavy atom. The SMILES string of the molecule is O=C(O)c1cc(F)ccc1CCC1(c2cccc(/C=C/c3ccc4ccc(Cl)cc4n3)c2)OCCO1. The average molecular weight is 504 g/mol. The number of halogens is 2. The van der Waals surface area contributed by atoms with Gasteiger partial charge < -0.3 is 14.6 Å². The summed E-state index contributed by atoms with van der Waals surface area (Å²) in [6, 6.07) is 21.2. The van der Waals surface area contributed by atoms with Crippen molar-refractivity contribution in [3.63, 3.8) is 0 Å². The summed E-state index contributed by atoms with van der Waals surface area (Å²) in [7, 11) is 0. The fraction of sp³-hybridized carbons (Fsp3) is 0.172. The molecule has 0 unspecified atom stereocenters. The van der Waals surface area contributed by atoms with E-state index in [0.29, 0.717) is 36.6 Å². The summed E-state index contributed by atoms with van der Waals surface area (Å²) < 4.78 is 25.7. The van der Waals surface area contributed by atoms with Crippen molar-refractivity contribution in [1.29, 1.82) is 0 Å².